The monoisotopic (exact) mass is 332 g/mol. The van der Waals surface area contributed by atoms with E-state index >= 15 is 0 Å². The van der Waals surface area contributed by atoms with Crippen molar-refractivity contribution in [1.29, 1.82) is 0 Å². The second kappa shape index (κ2) is 7.29. The number of nitro groups is 1. The van der Waals surface area contributed by atoms with Gasteiger partial charge in [-0.15, -0.1) is 0 Å². The van der Waals surface area contributed by atoms with Crippen LogP contribution in [0.15, 0.2) is 24.3 Å². The molecule has 0 aliphatic heterocycles. The van der Waals surface area contributed by atoms with Gasteiger partial charge in [0, 0.05) is 12.1 Å². The first kappa shape index (κ1) is 18.0. The van der Waals surface area contributed by atoms with Gasteiger partial charge in [-0.3, -0.25) is 14.9 Å². The number of aliphatic hydroxyl groups is 1. The van der Waals surface area contributed by atoms with Gasteiger partial charge in [0.15, 0.2) is 0 Å². The summed E-state index contributed by atoms with van der Waals surface area (Å²) in [5, 5.41) is 20.7. The minimum Gasteiger partial charge on any atom is -0.465 e. The third-order valence-electron chi connectivity index (χ3n) is 2.64. The number of rotatable bonds is 7. The van der Waals surface area contributed by atoms with Crippen LogP contribution < -0.4 is 4.72 Å². The molecule has 1 aromatic carbocycles. The predicted octanol–water partition coefficient (Wildman–Crippen LogP) is 0.109. The molecule has 0 bridgehead atoms. The predicted molar refractivity (Wildman–Crippen MR) is 76.5 cm³/mol. The van der Waals surface area contributed by atoms with E-state index in [1.54, 1.807) is 0 Å². The van der Waals surface area contributed by atoms with Gasteiger partial charge in [-0.1, -0.05) is 0 Å². The van der Waals surface area contributed by atoms with Crippen LogP contribution in [0.5, 0.6) is 0 Å². The Morgan fingerprint density at radius 1 is 1.41 bits per heavy atom. The van der Waals surface area contributed by atoms with Gasteiger partial charge in [0.2, 0.25) is 10.0 Å². The van der Waals surface area contributed by atoms with Gasteiger partial charge in [-0.2, -0.15) is 4.72 Å². The molecule has 1 rings (SSSR count). The molecule has 0 fully saturated rings. The highest BCUT2D eigenvalue weighted by molar-refractivity contribution is 7.88. The molecule has 2 unspecified atom stereocenters. The van der Waals surface area contributed by atoms with Crippen molar-refractivity contribution in [3.63, 3.8) is 0 Å². The molecule has 0 saturated heterocycles. The molecule has 1 aromatic rings. The maximum atomic E-state index is 11.8. The Morgan fingerprint density at radius 2 is 1.95 bits per heavy atom. The molecule has 0 aliphatic carbocycles. The minimum absolute atomic E-state index is 0.00770. The van der Waals surface area contributed by atoms with E-state index in [9.17, 15) is 28.4 Å². The summed E-state index contributed by atoms with van der Waals surface area (Å²) in [6, 6.07) is 3.21. The van der Waals surface area contributed by atoms with Crippen LogP contribution in [0.4, 0.5) is 5.69 Å². The normalized spacial score (nSPS) is 14.1. The van der Waals surface area contributed by atoms with E-state index < -0.39 is 33.1 Å². The quantitative estimate of drug-likeness (QED) is 0.411. The first-order valence-electron chi connectivity index (χ1n) is 6.22. The Hall–Kier alpha value is -2.04. The second-order valence-electron chi connectivity index (χ2n) is 4.41. The van der Waals surface area contributed by atoms with E-state index in [-0.39, 0.29) is 17.9 Å². The topological polar surface area (TPSA) is 136 Å². The zero-order chi connectivity index (χ0) is 16.9. The summed E-state index contributed by atoms with van der Waals surface area (Å²) in [7, 11) is -3.78. The van der Waals surface area contributed by atoms with E-state index in [4.69, 9.17) is 4.74 Å². The Morgan fingerprint density at radius 3 is 2.36 bits per heavy atom. The number of nitrogens with zero attached hydrogens (tertiary/aromatic N) is 1. The highest BCUT2D eigenvalue weighted by Gasteiger charge is 2.32. The van der Waals surface area contributed by atoms with Crippen molar-refractivity contribution in [2.45, 2.75) is 19.1 Å². The minimum atomic E-state index is -3.78. The molecule has 0 spiro atoms. The molecule has 0 aromatic heterocycles. The maximum Gasteiger partial charge on any atom is 0.327 e. The Balaban J connectivity index is 3.06. The number of sulfonamides is 1. The third-order valence-corrected chi connectivity index (χ3v) is 3.32. The number of hydrogen-bond acceptors (Lipinski definition) is 7. The highest BCUT2D eigenvalue weighted by atomic mass is 32.2. The highest BCUT2D eigenvalue weighted by Crippen LogP contribution is 2.21. The van der Waals surface area contributed by atoms with Crippen molar-refractivity contribution in [3.8, 4) is 0 Å². The standard InChI is InChI=1S/C12H16N2O7S/c1-3-21-12(16)10(13-22(2,19)20)11(15)8-4-6-9(7-5-8)14(17)18/h4-7,10-11,13,15H,3H2,1-2H3. The summed E-state index contributed by atoms with van der Waals surface area (Å²) in [4.78, 5) is 21.8. The average molecular weight is 332 g/mol. The number of carbonyl (C=O) groups is 1. The van der Waals surface area contributed by atoms with Gasteiger partial charge in [-0.25, -0.2) is 8.42 Å². The van der Waals surface area contributed by atoms with Gasteiger partial charge < -0.3 is 9.84 Å². The maximum absolute atomic E-state index is 11.8. The third kappa shape index (κ3) is 5.06. The summed E-state index contributed by atoms with van der Waals surface area (Å²) >= 11 is 0. The molecule has 0 amide bonds. The van der Waals surface area contributed by atoms with Crippen LogP contribution in [-0.2, 0) is 19.6 Å². The summed E-state index contributed by atoms with van der Waals surface area (Å²) < 4.78 is 29.3. The zero-order valence-corrected chi connectivity index (χ0v) is 12.7. The lowest BCUT2D eigenvalue weighted by atomic mass is 10.0. The molecule has 0 saturated carbocycles. The Labute approximate surface area is 127 Å². The Bertz CT molecular complexity index is 642. The first-order valence-corrected chi connectivity index (χ1v) is 8.11. The molecule has 9 nitrogen and oxygen atoms in total. The first-order chi connectivity index (χ1) is 10.2. The molecule has 122 valence electrons. The van der Waals surface area contributed by atoms with E-state index in [0.717, 1.165) is 18.4 Å². The number of benzene rings is 1. The number of aliphatic hydroxyl groups excluding tert-OH is 1. The molecule has 0 radical (unpaired) electrons. The molecule has 22 heavy (non-hydrogen) atoms. The summed E-state index contributed by atoms with van der Waals surface area (Å²) in [6.45, 7) is 1.54. The fraction of sp³-hybridized carbons (Fsp3) is 0.417. The molecule has 0 heterocycles. The van der Waals surface area contributed by atoms with Crippen LogP contribution in [-0.4, -0.2) is 43.3 Å². The van der Waals surface area contributed by atoms with Crippen molar-refractivity contribution < 1.29 is 28.0 Å². The largest absolute Gasteiger partial charge is 0.465 e. The van der Waals surface area contributed by atoms with Crippen LogP contribution in [0.2, 0.25) is 0 Å². The van der Waals surface area contributed by atoms with E-state index in [2.05, 4.69) is 0 Å². The second-order valence-corrected chi connectivity index (χ2v) is 6.19. The van der Waals surface area contributed by atoms with Gasteiger partial charge in [0.1, 0.15) is 12.1 Å². The molecule has 2 atom stereocenters. The summed E-state index contributed by atoms with van der Waals surface area (Å²) in [5.74, 6) is -0.946. The van der Waals surface area contributed by atoms with Crippen LogP contribution in [0.3, 0.4) is 0 Å². The van der Waals surface area contributed by atoms with Gasteiger partial charge in [0.25, 0.3) is 5.69 Å². The van der Waals surface area contributed by atoms with Crippen molar-refractivity contribution in [1.82, 2.24) is 4.72 Å². The van der Waals surface area contributed by atoms with E-state index in [0.29, 0.717) is 0 Å². The van der Waals surface area contributed by atoms with Crippen LogP contribution >= 0.6 is 0 Å². The molecule has 0 aliphatic rings. The lowest BCUT2D eigenvalue weighted by Gasteiger charge is -2.21. The van der Waals surface area contributed by atoms with Gasteiger partial charge in [0.05, 0.1) is 17.8 Å². The number of hydrogen-bond donors (Lipinski definition) is 2. The SMILES string of the molecule is CCOC(=O)C(NS(C)(=O)=O)C(O)c1ccc([N+](=O)[O-])cc1. The van der Waals surface area contributed by atoms with Crippen molar-refractivity contribution >= 4 is 21.7 Å². The number of carbonyl (C=O) groups excluding carboxylic acids is 1. The average Bonchev–Trinajstić information content (AvgIpc) is 2.43. The zero-order valence-electron chi connectivity index (χ0n) is 11.9. The lowest BCUT2D eigenvalue weighted by molar-refractivity contribution is -0.384. The molecule has 10 heteroatoms. The molecular weight excluding hydrogens is 316 g/mol. The van der Waals surface area contributed by atoms with Gasteiger partial charge in [-0.05, 0) is 24.6 Å². The van der Waals surface area contributed by atoms with Crippen molar-refractivity contribution in [3.05, 3.63) is 39.9 Å². The Kier molecular flexibility index (Phi) is 5.97. The van der Waals surface area contributed by atoms with Crippen LogP contribution in [0, 0.1) is 10.1 Å². The number of ether oxygens (including phenoxy) is 1. The summed E-state index contributed by atoms with van der Waals surface area (Å²) in [6.07, 6.45) is -0.712. The number of nitro benzene ring substituents is 1. The number of non-ortho nitro benzene ring substituents is 1. The fourth-order valence-electron chi connectivity index (χ4n) is 1.69. The van der Waals surface area contributed by atoms with Crippen LogP contribution in [0.1, 0.15) is 18.6 Å². The fourth-order valence-corrected chi connectivity index (χ4v) is 2.38. The summed E-state index contributed by atoms with van der Waals surface area (Å²) in [5.41, 5.74) is -0.0560. The molecule has 2 N–H and O–H groups in total. The van der Waals surface area contributed by atoms with Crippen LogP contribution in [0.25, 0.3) is 0 Å². The molecular formula is C12H16N2O7S. The van der Waals surface area contributed by atoms with E-state index in [1.165, 1.54) is 19.1 Å². The lowest BCUT2D eigenvalue weighted by Crippen LogP contribution is -2.45. The van der Waals surface area contributed by atoms with E-state index in [1.807, 2.05) is 4.72 Å². The smallest absolute Gasteiger partial charge is 0.327 e. The van der Waals surface area contributed by atoms with Crippen molar-refractivity contribution in [2.75, 3.05) is 12.9 Å². The van der Waals surface area contributed by atoms with Crippen molar-refractivity contribution in [2.24, 2.45) is 0 Å². The number of esters is 1. The van der Waals surface area contributed by atoms with Gasteiger partial charge >= 0.3 is 5.97 Å². The number of nitrogens with one attached hydrogen (secondary N) is 1.